The number of nitrogens with one attached hydrogen (secondary N) is 1. The van der Waals surface area contributed by atoms with Crippen molar-refractivity contribution in [3.63, 3.8) is 0 Å². The maximum atomic E-state index is 3.81. The molecule has 9 aromatic rings. The van der Waals surface area contributed by atoms with Crippen LogP contribution in [0.4, 0.5) is 17.1 Å². The summed E-state index contributed by atoms with van der Waals surface area (Å²) in [4.78, 5) is 6.31. The van der Waals surface area contributed by atoms with Gasteiger partial charge in [-0.25, -0.2) is 0 Å². The number of hydrogen-bond acceptors (Lipinski definition) is 1. The van der Waals surface area contributed by atoms with Gasteiger partial charge in [0.05, 0.1) is 22.6 Å². The van der Waals surface area contributed by atoms with Gasteiger partial charge in [-0.15, -0.1) is 0 Å². The minimum atomic E-state index is 1.11. The second-order valence-electron chi connectivity index (χ2n) is 12.6. The van der Waals surface area contributed by atoms with Crippen LogP contribution < -0.4 is 4.90 Å². The number of benzene rings is 8. The van der Waals surface area contributed by atoms with Crippen LogP contribution in [0.15, 0.2) is 200 Å². The summed E-state index contributed by atoms with van der Waals surface area (Å²) in [5, 5.41) is 2.45. The van der Waals surface area contributed by atoms with Crippen molar-refractivity contribution in [2.45, 2.75) is 0 Å². The maximum absolute atomic E-state index is 3.81. The number of anilines is 3. The SMILES string of the molecule is c1ccc(-c2ccccc2N(c2ccccc2-c2ccccc2)c2c(-c3ccccc3)cccc2-c2cccc3c2[nH]c2ccccc23)cc1. The zero-order chi connectivity index (χ0) is 33.3. The topological polar surface area (TPSA) is 19.0 Å². The Morgan fingerprint density at radius 3 is 1.34 bits per heavy atom. The van der Waals surface area contributed by atoms with Gasteiger partial charge in [0.1, 0.15) is 0 Å². The molecular formula is C48H34N2. The van der Waals surface area contributed by atoms with Gasteiger partial charge >= 0.3 is 0 Å². The van der Waals surface area contributed by atoms with Crippen molar-refractivity contribution in [2.24, 2.45) is 0 Å². The minimum Gasteiger partial charge on any atom is -0.354 e. The molecule has 0 amide bonds. The highest BCUT2D eigenvalue weighted by molar-refractivity contribution is 6.14. The van der Waals surface area contributed by atoms with Gasteiger partial charge in [-0.1, -0.05) is 182 Å². The lowest BCUT2D eigenvalue weighted by atomic mass is 9.91. The van der Waals surface area contributed by atoms with Gasteiger partial charge in [-0.3, -0.25) is 0 Å². The Kier molecular flexibility index (Phi) is 7.53. The number of rotatable bonds is 7. The zero-order valence-corrected chi connectivity index (χ0v) is 27.5. The number of H-pyrrole nitrogens is 1. The van der Waals surface area contributed by atoms with E-state index >= 15 is 0 Å². The summed E-state index contributed by atoms with van der Waals surface area (Å²) in [6.07, 6.45) is 0. The summed E-state index contributed by atoms with van der Waals surface area (Å²) in [5.41, 5.74) is 14.9. The van der Waals surface area contributed by atoms with Crippen LogP contribution in [0.5, 0.6) is 0 Å². The molecule has 2 heteroatoms. The lowest BCUT2D eigenvalue weighted by Crippen LogP contribution is -2.15. The predicted octanol–water partition coefficient (Wildman–Crippen LogP) is 13.5. The average Bonchev–Trinajstić information content (AvgIpc) is 3.59. The normalized spacial score (nSPS) is 11.2. The van der Waals surface area contributed by atoms with Gasteiger partial charge in [0.15, 0.2) is 0 Å². The monoisotopic (exact) mass is 638 g/mol. The molecular weight excluding hydrogens is 605 g/mol. The fourth-order valence-corrected chi connectivity index (χ4v) is 7.38. The van der Waals surface area contributed by atoms with E-state index in [4.69, 9.17) is 0 Å². The van der Waals surface area contributed by atoms with E-state index in [1.54, 1.807) is 0 Å². The summed E-state index contributed by atoms with van der Waals surface area (Å²) in [6.45, 7) is 0. The standard InChI is InChI=1S/C48H34N2/c1-4-18-34(19-5-1)37-24-11-14-32-45(37)50(46-33-15-12-25-38(46)35-20-6-2-7-21-35)48-39(36-22-8-3-9-23-36)27-16-30-43(48)42-29-17-28-41-40-26-10-13-31-44(40)49-47(41)42/h1-33,49H. The molecule has 1 N–H and O–H groups in total. The molecule has 236 valence electrons. The van der Waals surface area contributed by atoms with Crippen LogP contribution in [-0.4, -0.2) is 4.98 Å². The lowest BCUT2D eigenvalue weighted by Gasteiger charge is -2.33. The highest BCUT2D eigenvalue weighted by Crippen LogP contribution is 2.51. The Balaban J connectivity index is 1.43. The Labute approximate surface area is 292 Å². The van der Waals surface area contributed by atoms with Gasteiger partial charge in [-0.2, -0.15) is 0 Å². The molecule has 0 atom stereocenters. The largest absolute Gasteiger partial charge is 0.354 e. The van der Waals surface area contributed by atoms with Crippen molar-refractivity contribution in [2.75, 3.05) is 4.90 Å². The number of fused-ring (bicyclic) bond motifs is 3. The molecule has 1 aromatic heterocycles. The smallest absolute Gasteiger partial charge is 0.0619 e. The van der Waals surface area contributed by atoms with E-state index in [1.807, 2.05) is 0 Å². The number of para-hydroxylation sites is 5. The Bertz CT molecular complexity index is 2500. The van der Waals surface area contributed by atoms with E-state index in [0.717, 1.165) is 61.5 Å². The van der Waals surface area contributed by atoms with Gasteiger partial charge in [0.2, 0.25) is 0 Å². The second-order valence-corrected chi connectivity index (χ2v) is 12.6. The van der Waals surface area contributed by atoms with Crippen LogP contribution in [0.3, 0.4) is 0 Å². The highest BCUT2D eigenvalue weighted by atomic mass is 15.2. The first-order chi connectivity index (χ1) is 24.8. The van der Waals surface area contributed by atoms with E-state index in [9.17, 15) is 0 Å². The number of aromatic nitrogens is 1. The molecule has 0 unspecified atom stereocenters. The van der Waals surface area contributed by atoms with Gasteiger partial charge < -0.3 is 9.88 Å². The van der Waals surface area contributed by atoms with E-state index in [-0.39, 0.29) is 0 Å². The van der Waals surface area contributed by atoms with Crippen LogP contribution in [0.2, 0.25) is 0 Å². The zero-order valence-electron chi connectivity index (χ0n) is 27.5. The highest BCUT2D eigenvalue weighted by Gasteiger charge is 2.26. The van der Waals surface area contributed by atoms with E-state index in [1.165, 1.54) is 21.9 Å². The van der Waals surface area contributed by atoms with Crippen molar-refractivity contribution in [1.29, 1.82) is 0 Å². The summed E-state index contributed by atoms with van der Waals surface area (Å²) < 4.78 is 0. The Morgan fingerprint density at radius 2 is 0.720 bits per heavy atom. The number of aromatic amines is 1. The molecule has 0 fully saturated rings. The Morgan fingerprint density at radius 1 is 0.300 bits per heavy atom. The summed E-state index contributed by atoms with van der Waals surface area (Å²) in [5.74, 6) is 0. The molecule has 8 aromatic carbocycles. The van der Waals surface area contributed by atoms with Crippen LogP contribution >= 0.6 is 0 Å². The second kappa shape index (κ2) is 12.8. The Hall–Kier alpha value is -6.64. The molecule has 1 heterocycles. The van der Waals surface area contributed by atoms with Crippen molar-refractivity contribution in [3.05, 3.63) is 200 Å². The summed E-state index contributed by atoms with van der Waals surface area (Å²) >= 11 is 0. The maximum Gasteiger partial charge on any atom is 0.0619 e. The third-order valence-corrected chi connectivity index (χ3v) is 9.64. The molecule has 0 radical (unpaired) electrons. The molecule has 0 aliphatic rings. The van der Waals surface area contributed by atoms with Crippen LogP contribution in [0.25, 0.3) is 66.3 Å². The van der Waals surface area contributed by atoms with Crippen molar-refractivity contribution in [3.8, 4) is 44.5 Å². The molecule has 0 aliphatic carbocycles. The molecule has 0 aliphatic heterocycles. The molecule has 50 heavy (non-hydrogen) atoms. The fourth-order valence-electron chi connectivity index (χ4n) is 7.38. The van der Waals surface area contributed by atoms with E-state index < -0.39 is 0 Å². The first-order valence-corrected chi connectivity index (χ1v) is 17.1. The molecule has 0 spiro atoms. The molecule has 0 saturated carbocycles. The third kappa shape index (κ3) is 5.15. The first-order valence-electron chi connectivity index (χ1n) is 17.1. The van der Waals surface area contributed by atoms with Crippen molar-refractivity contribution >= 4 is 38.9 Å². The minimum absolute atomic E-state index is 1.11. The van der Waals surface area contributed by atoms with Crippen LogP contribution in [0.1, 0.15) is 0 Å². The first kappa shape index (κ1) is 29.5. The third-order valence-electron chi connectivity index (χ3n) is 9.64. The lowest BCUT2D eigenvalue weighted by molar-refractivity contribution is 1.28. The summed E-state index contributed by atoms with van der Waals surface area (Å²) in [7, 11) is 0. The average molecular weight is 639 g/mol. The van der Waals surface area contributed by atoms with Crippen molar-refractivity contribution in [1.82, 2.24) is 4.98 Å². The number of hydrogen-bond donors (Lipinski definition) is 1. The van der Waals surface area contributed by atoms with Crippen LogP contribution in [-0.2, 0) is 0 Å². The summed E-state index contributed by atoms with van der Waals surface area (Å²) in [6, 6.07) is 71.9. The van der Waals surface area contributed by atoms with Gasteiger partial charge in [0.25, 0.3) is 0 Å². The molecule has 0 saturated heterocycles. The quantitative estimate of drug-likeness (QED) is 0.184. The van der Waals surface area contributed by atoms with Crippen molar-refractivity contribution < 1.29 is 0 Å². The van der Waals surface area contributed by atoms with Gasteiger partial charge in [-0.05, 0) is 34.9 Å². The molecule has 9 rings (SSSR count). The number of nitrogens with zero attached hydrogens (tertiary/aromatic N) is 1. The van der Waals surface area contributed by atoms with E-state index in [2.05, 4.69) is 210 Å². The molecule has 2 nitrogen and oxygen atoms in total. The fraction of sp³-hybridized carbons (Fsp3) is 0. The van der Waals surface area contributed by atoms with Crippen LogP contribution in [0, 0.1) is 0 Å². The molecule has 0 bridgehead atoms. The predicted molar refractivity (Wildman–Crippen MR) is 212 cm³/mol. The van der Waals surface area contributed by atoms with Gasteiger partial charge in [0, 0.05) is 44.1 Å². The van der Waals surface area contributed by atoms with E-state index in [0.29, 0.717) is 0 Å².